The van der Waals surface area contributed by atoms with Crippen molar-refractivity contribution in [1.29, 1.82) is 0 Å². The molecule has 2 aromatic carbocycles. The van der Waals surface area contributed by atoms with Crippen LogP contribution in [0.4, 0.5) is 5.69 Å². The Morgan fingerprint density at radius 2 is 1.82 bits per heavy atom. The number of benzene rings is 2. The maximum absolute atomic E-state index is 15.2. The van der Waals surface area contributed by atoms with Gasteiger partial charge in [0.2, 0.25) is 6.29 Å². The average Bonchev–Trinajstić information content (AvgIpc) is 3.85. The topological polar surface area (TPSA) is 134 Å². The number of fused-ring (bicyclic) bond motifs is 9. The Morgan fingerprint density at radius 3 is 2.53 bits per heavy atom. The van der Waals surface area contributed by atoms with Crippen LogP contribution in [0.2, 0.25) is 0 Å². The fourth-order valence-electron chi connectivity index (χ4n) is 11.6. The first-order valence-electron chi connectivity index (χ1n) is 20.4. The van der Waals surface area contributed by atoms with E-state index in [0.29, 0.717) is 50.2 Å². The molecule has 5 aliphatic heterocycles. The van der Waals surface area contributed by atoms with E-state index in [9.17, 15) is 14.7 Å². The summed E-state index contributed by atoms with van der Waals surface area (Å²) >= 11 is 0. The Kier molecular flexibility index (Phi) is 10.3. The van der Waals surface area contributed by atoms with Crippen molar-refractivity contribution in [1.82, 2.24) is 14.8 Å². The van der Waals surface area contributed by atoms with Crippen LogP contribution >= 0.6 is 0 Å². The first-order chi connectivity index (χ1) is 27.4. The molecule has 5 aliphatic rings. The van der Waals surface area contributed by atoms with Crippen LogP contribution in [-0.4, -0.2) is 111 Å². The number of anilines is 1. The number of esters is 3. The van der Waals surface area contributed by atoms with Crippen molar-refractivity contribution in [2.45, 2.75) is 88.6 Å². The molecule has 12 nitrogen and oxygen atoms in total. The minimum atomic E-state index is -1.41. The largest absolute Gasteiger partial charge is 0.496 e. The van der Waals surface area contributed by atoms with Gasteiger partial charge in [-0.2, -0.15) is 0 Å². The van der Waals surface area contributed by atoms with E-state index in [1.165, 1.54) is 26.7 Å². The normalized spacial score (nSPS) is 29.7. The number of hydrogen-bond acceptors (Lipinski definition) is 11. The third-order valence-corrected chi connectivity index (χ3v) is 14.0. The zero-order valence-corrected chi connectivity index (χ0v) is 34.2. The average molecular weight is 781 g/mol. The standard InChI is InChI=1S/C45H56N4O8/c1-8-27-18-28-22-45(43(53)56-7,40-31(25-48(23-27)24-28)30-12-10-11-13-34(30)46-40)33-19-32-35(20-36(33)54-5)47(4)37(21-38(51)55-6)44(32)15-17-49-16-14-29(9-2)39(41(44)49)42(52)57-26(3)50/h10-14,18-20,28,37,39,41-42,46,52H,8-9,15-17,21-25H2,1-7H3/t28?,37-,39?,41-,42+,44-,45-/m0/s1. The minimum absolute atomic E-state index is 0.0369. The van der Waals surface area contributed by atoms with Gasteiger partial charge in [-0.1, -0.05) is 55.3 Å². The van der Waals surface area contributed by atoms with Crippen LogP contribution in [-0.2, 0) is 46.0 Å². The second-order valence-electron chi connectivity index (χ2n) is 16.6. The molecular formula is C45H56N4O8. The molecule has 1 aromatic heterocycles. The zero-order valence-electron chi connectivity index (χ0n) is 34.2. The first-order valence-corrected chi connectivity index (χ1v) is 20.4. The molecule has 0 amide bonds. The lowest BCUT2D eigenvalue weighted by Crippen LogP contribution is -2.59. The van der Waals surface area contributed by atoms with Crippen LogP contribution in [0.1, 0.15) is 75.3 Å². The van der Waals surface area contributed by atoms with Gasteiger partial charge in [-0.05, 0) is 61.4 Å². The number of para-hydroxylation sites is 1. The number of ether oxygens (including phenoxy) is 4. The molecule has 57 heavy (non-hydrogen) atoms. The number of nitrogens with one attached hydrogen (secondary N) is 1. The quantitative estimate of drug-likeness (QED) is 0.126. The maximum Gasteiger partial charge on any atom is 0.322 e. The summed E-state index contributed by atoms with van der Waals surface area (Å²) in [4.78, 5) is 51.7. The van der Waals surface area contributed by atoms with E-state index >= 15 is 4.79 Å². The van der Waals surface area contributed by atoms with E-state index in [-0.39, 0.29) is 30.3 Å². The van der Waals surface area contributed by atoms with Gasteiger partial charge in [0, 0.05) is 85.5 Å². The van der Waals surface area contributed by atoms with Crippen molar-refractivity contribution < 1.29 is 38.4 Å². The third-order valence-electron chi connectivity index (χ3n) is 14.0. The van der Waals surface area contributed by atoms with Gasteiger partial charge in [0.25, 0.3) is 0 Å². The van der Waals surface area contributed by atoms with Crippen molar-refractivity contribution in [3.63, 3.8) is 0 Å². The lowest BCUT2D eigenvalue weighted by molar-refractivity contribution is -0.177. The van der Waals surface area contributed by atoms with Crippen LogP contribution < -0.4 is 9.64 Å². The summed E-state index contributed by atoms with van der Waals surface area (Å²) in [6.45, 7) is 9.22. The number of aliphatic hydroxyl groups excluding tert-OH is 1. The van der Waals surface area contributed by atoms with Gasteiger partial charge >= 0.3 is 17.9 Å². The second-order valence-corrected chi connectivity index (χ2v) is 16.6. The fourth-order valence-corrected chi connectivity index (χ4v) is 11.6. The van der Waals surface area contributed by atoms with Gasteiger partial charge in [0.1, 0.15) is 11.2 Å². The van der Waals surface area contributed by atoms with Crippen LogP contribution in [0, 0.1) is 11.8 Å². The summed E-state index contributed by atoms with van der Waals surface area (Å²) in [5, 5.41) is 12.9. The molecule has 3 aromatic rings. The highest BCUT2D eigenvalue weighted by Gasteiger charge is 2.64. The van der Waals surface area contributed by atoms with Crippen molar-refractivity contribution >= 4 is 34.5 Å². The van der Waals surface area contributed by atoms with E-state index in [2.05, 4.69) is 63.9 Å². The Morgan fingerprint density at radius 1 is 1.04 bits per heavy atom. The van der Waals surface area contributed by atoms with Crippen molar-refractivity contribution in [2.24, 2.45) is 11.8 Å². The Balaban J connectivity index is 1.43. The highest BCUT2D eigenvalue weighted by atomic mass is 16.6. The predicted molar refractivity (Wildman–Crippen MR) is 216 cm³/mol. The number of likely N-dealkylation sites (N-methyl/N-ethyl adjacent to an activating group) is 1. The summed E-state index contributed by atoms with van der Waals surface area (Å²) in [5.41, 5.74) is 5.60. The summed E-state index contributed by atoms with van der Waals surface area (Å²) < 4.78 is 23.2. The second kappa shape index (κ2) is 14.9. The number of carbonyl (C=O) groups is 3. The van der Waals surface area contributed by atoms with Crippen molar-refractivity contribution in [2.75, 3.05) is 59.5 Å². The monoisotopic (exact) mass is 780 g/mol. The van der Waals surface area contributed by atoms with E-state index < -0.39 is 35.0 Å². The Hall–Kier alpha value is -4.65. The molecule has 1 saturated heterocycles. The highest BCUT2D eigenvalue weighted by Crippen LogP contribution is 2.61. The summed E-state index contributed by atoms with van der Waals surface area (Å²) in [5.74, 6) is -1.28. The molecule has 2 bridgehead atoms. The number of nitrogens with zero attached hydrogens (tertiary/aromatic N) is 3. The molecule has 304 valence electrons. The molecule has 1 fully saturated rings. The number of methoxy groups -OCH3 is 3. The smallest absolute Gasteiger partial charge is 0.322 e. The van der Waals surface area contributed by atoms with Gasteiger partial charge < -0.3 is 33.9 Å². The van der Waals surface area contributed by atoms with Crippen LogP contribution in [0.25, 0.3) is 10.9 Å². The molecule has 8 atom stereocenters. The first kappa shape index (κ1) is 39.2. The predicted octanol–water partition coefficient (Wildman–Crippen LogP) is 5.35. The minimum Gasteiger partial charge on any atom is -0.496 e. The molecule has 0 saturated carbocycles. The van der Waals surface area contributed by atoms with Crippen molar-refractivity contribution in [3.8, 4) is 5.75 Å². The van der Waals surface area contributed by atoms with Gasteiger partial charge in [0.15, 0.2) is 0 Å². The molecule has 2 N–H and O–H groups in total. The molecule has 1 spiro atoms. The van der Waals surface area contributed by atoms with Crippen LogP contribution in [0.5, 0.6) is 5.75 Å². The number of rotatable bonds is 9. The van der Waals surface area contributed by atoms with E-state index in [0.717, 1.165) is 58.5 Å². The molecule has 6 heterocycles. The van der Waals surface area contributed by atoms with E-state index in [4.69, 9.17) is 18.9 Å². The number of hydrogen-bond donors (Lipinski definition) is 2. The molecule has 0 aliphatic carbocycles. The number of carbonyl (C=O) groups excluding carboxylic acids is 3. The number of H-pyrrole nitrogens is 1. The van der Waals surface area contributed by atoms with E-state index in [1.54, 1.807) is 7.11 Å². The lowest BCUT2D eigenvalue weighted by atomic mass is 9.62. The Labute approximate surface area is 334 Å². The Bertz CT molecular complexity index is 2160. The van der Waals surface area contributed by atoms with Gasteiger partial charge in [-0.15, -0.1) is 0 Å². The lowest BCUT2D eigenvalue weighted by Gasteiger charge is -2.48. The number of aliphatic hydroxyl groups is 1. The summed E-state index contributed by atoms with van der Waals surface area (Å²) in [6.07, 6.45) is 5.85. The number of aromatic nitrogens is 1. The van der Waals surface area contributed by atoms with Gasteiger partial charge in [-0.25, -0.2) is 0 Å². The molecule has 0 radical (unpaired) electrons. The van der Waals surface area contributed by atoms with Gasteiger partial charge in [0.05, 0.1) is 39.7 Å². The summed E-state index contributed by atoms with van der Waals surface area (Å²) in [7, 11) is 6.50. The van der Waals surface area contributed by atoms with Crippen LogP contribution in [0.3, 0.4) is 0 Å². The molecular weight excluding hydrogens is 725 g/mol. The van der Waals surface area contributed by atoms with Gasteiger partial charge in [-0.3, -0.25) is 24.2 Å². The maximum atomic E-state index is 15.2. The third kappa shape index (κ3) is 6.00. The SMILES string of the molecule is CCC1=CC2C[N@](C1)Cc1c([nH]c3ccccc13)[C@@](C(=O)OC)(c1cc3c(cc1OC)N(C)[C@@H](CC(=O)OC)[C@]31CCN3CC=C(CC)C([C@H](O)OC(C)=O)[C@H]31)C2. The summed E-state index contributed by atoms with van der Waals surface area (Å²) in [6, 6.07) is 11.7. The van der Waals surface area contributed by atoms with E-state index in [1.807, 2.05) is 25.2 Å². The highest BCUT2D eigenvalue weighted by molar-refractivity contribution is 5.94. The van der Waals surface area contributed by atoms with Crippen LogP contribution in [0.15, 0.2) is 59.7 Å². The van der Waals surface area contributed by atoms with Crippen molar-refractivity contribution in [3.05, 3.63) is 82.1 Å². The molecule has 12 heteroatoms. The fraction of sp³-hybridized carbons (Fsp3) is 0.533. The zero-order chi connectivity index (χ0) is 40.4. The molecule has 2 unspecified atom stereocenters. The molecule has 8 rings (SSSR count). The number of aromatic amines is 1.